The summed E-state index contributed by atoms with van der Waals surface area (Å²) in [6, 6.07) is 6.10. The Morgan fingerprint density at radius 1 is 1.24 bits per heavy atom. The summed E-state index contributed by atoms with van der Waals surface area (Å²) in [5.74, 6) is 1.42. The van der Waals surface area contributed by atoms with Gasteiger partial charge in [-0.3, -0.25) is 4.98 Å². The van der Waals surface area contributed by atoms with E-state index < -0.39 is 0 Å². The molecule has 1 saturated heterocycles. The highest BCUT2D eigenvalue weighted by Gasteiger charge is 2.36. The summed E-state index contributed by atoms with van der Waals surface area (Å²) < 4.78 is 16.4. The Labute approximate surface area is 148 Å². The molecule has 7 nitrogen and oxygen atoms in total. The van der Waals surface area contributed by atoms with Crippen LogP contribution in [0.25, 0.3) is 0 Å². The smallest absolute Gasteiger partial charge is 0.218 e. The van der Waals surface area contributed by atoms with Gasteiger partial charge in [-0.15, -0.1) is 0 Å². The lowest BCUT2D eigenvalue weighted by molar-refractivity contribution is 0.0137. The first-order valence-corrected chi connectivity index (χ1v) is 8.44. The zero-order valence-electron chi connectivity index (χ0n) is 14.7. The Kier molecular flexibility index (Phi) is 6.14. The third kappa shape index (κ3) is 4.43. The largest absolute Gasteiger partial charge is 0.481 e. The molecule has 3 heterocycles. The second kappa shape index (κ2) is 8.73. The minimum absolute atomic E-state index is 0.122. The Hall–Kier alpha value is -2.25. The van der Waals surface area contributed by atoms with Crippen LogP contribution in [-0.2, 0) is 15.9 Å². The highest BCUT2D eigenvalue weighted by molar-refractivity contribution is 5.44. The molecule has 0 saturated carbocycles. The van der Waals surface area contributed by atoms with Gasteiger partial charge in [0, 0.05) is 32.1 Å². The molecule has 0 unspecified atom stereocenters. The number of aromatic nitrogens is 3. The van der Waals surface area contributed by atoms with Crippen molar-refractivity contribution in [2.75, 3.05) is 38.9 Å². The van der Waals surface area contributed by atoms with Crippen molar-refractivity contribution in [3.8, 4) is 5.88 Å². The summed E-state index contributed by atoms with van der Waals surface area (Å²) >= 11 is 0. The van der Waals surface area contributed by atoms with E-state index in [1.54, 1.807) is 20.4 Å². The summed E-state index contributed by atoms with van der Waals surface area (Å²) in [5.41, 5.74) is 1.18. The minimum Gasteiger partial charge on any atom is -0.481 e. The van der Waals surface area contributed by atoms with Gasteiger partial charge in [0.05, 0.1) is 32.5 Å². The Morgan fingerprint density at radius 2 is 2.16 bits per heavy atom. The molecule has 134 valence electrons. The predicted molar refractivity (Wildman–Crippen MR) is 93.9 cm³/mol. The highest BCUT2D eigenvalue weighted by Crippen LogP contribution is 2.29. The highest BCUT2D eigenvalue weighted by atomic mass is 16.5. The standard InChI is InChI=1S/C18H24N4O3/c1-23-8-9-25-16-5-7-22(17-11-18(24-2)21-13-20-17)15(16)10-14-4-3-6-19-12-14/h3-4,6,11-13,15-16H,5,7-10H2,1-2H3/t15-,16-/m0/s1. The van der Waals surface area contributed by atoms with Crippen molar-refractivity contribution in [1.29, 1.82) is 0 Å². The second-order valence-corrected chi connectivity index (χ2v) is 5.94. The summed E-state index contributed by atoms with van der Waals surface area (Å²) in [6.45, 7) is 2.06. The lowest BCUT2D eigenvalue weighted by Gasteiger charge is -2.29. The van der Waals surface area contributed by atoms with Crippen LogP contribution in [0.1, 0.15) is 12.0 Å². The zero-order chi connectivity index (χ0) is 17.5. The van der Waals surface area contributed by atoms with Gasteiger partial charge in [-0.1, -0.05) is 6.07 Å². The Bertz CT molecular complexity index is 656. The number of methoxy groups -OCH3 is 2. The van der Waals surface area contributed by atoms with Crippen molar-refractivity contribution in [3.05, 3.63) is 42.5 Å². The van der Waals surface area contributed by atoms with Crippen LogP contribution in [0.15, 0.2) is 36.9 Å². The van der Waals surface area contributed by atoms with Crippen LogP contribution in [0.2, 0.25) is 0 Å². The van der Waals surface area contributed by atoms with Gasteiger partial charge in [0.25, 0.3) is 0 Å². The molecule has 2 aromatic rings. The topological polar surface area (TPSA) is 69.6 Å². The summed E-state index contributed by atoms with van der Waals surface area (Å²) in [7, 11) is 3.30. The van der Waals surface area contributed by atoms with Crippen molar-refractivity contribution < 1.29 is 14.2 Å². The Morgan fingerprint density at radius 3 is 2.92 bits per heavy atom. The van der Waals surface area contributed by atoms with Gasteiger partial charge >= 0.3 is 0 Å². The van der Waals surface area contributed by atoms with E-state index in [4.69, 9.17) is 14.2 Å². The molecule has 1 fully saturated rings. The molecule has 2 aromatic heterocycles. The van der Waals surface area contributed by atoms with E-state index >= 15 is 0 Å². The average Bonchev–Trinajstić information content (AvgIpc) is 3.05. The fraction of sp³-hybridized carbons (Fsp3) is 0.500. The quantitative estimate of drug-likeness (QED) is 0.676. The van der Waals surface area contributed by atoms with Crippen molar-refractivity contribution in [3.63, 3.8) is 0 Å². The van der Waals surface area contributed by atoms with E-state index in [0.29, 0.717) is 19.1 Å². The summed E-state index contributed by atoms with van der Waals surface area (Å²) in [5, 5.41) is 0. The van der Waals surface area contributed by atoms with Gasteiger partial charge < -0.3 is 19.1 Å². The molecule has 0 bridgehead atoms. The monoisotopic (exact) mass is 344 g/mol. The third-order valence-corrected chi connectivity index (χ3v) is 4.40. The molecule has 0 aliphatic carbocycles. The summed E-state index contributed by atoms with van der Waals surface area (Å²) in [6.07, 6.45) is 7.14. The number of ether oxygens (including phenoxy) is 3. The number of hydrogen-bond acceptors (Lipinski definition) is 7. The second-order valence-electron chi connectivity index (χ2n) is 5.94. The van der Waals surface area contributed by atoms with Gasteiger partial charge in [-0.25, -0.2) is 9.97 Å². The molecular weight excluding hydrogens is 320 g/mol. The first-order valence-electron chi connectivity index (χ1n) is 8.44. The molecule has 0 spiro atoms. The normalized spacial score (nSPS) is 20.0. The molecule has 0 aromatic carbocycles. The predicted octanol–water partition coefficient (Wildman–Crippen LogP) is 1.73. The van der Waals surface area contributed by atoms with Crippen molar-refractivity contribution in [2.24, 2.45) is 0 Å². The molecule has 25 heavy (non-hydrogen) atoms. The Balaban J connectivity index is 1.79. The van der Waals surface area contributed by atoms with Gasteiger partial charge in [-0.05, 0) is 24.5 Å². The average molecular weight is 344 g/mol. The molecule has 1 aliphatic heterocycles. The summed E-state index contributed by atoms with van der Waals surface area (Å²) in [4.78, 5) is 15.0. The first kappa shape index (κ1) is 17.6. The number of nitrogens with zero attached hydrogens (tertiary/aromatic N) is 4. The van der Waals surface area contributed by atoms with Crippen LogP contribution >= 0.6 is 0 Å². The van der Waals surface area contributed by atoms with Crippen LogP contribution < -0.4 is 9.64 Å². The number of pyridine rings is 1. The number of anilines is 1. The molecule has 0 radical (unpaired) electrons. The SMILES string of the molecule is COCCO[C@H]1CCN(c2cc(OC)ncn2)[C@H]1Cc1cccnc1. The van der Waals surface area contributed by atoms with E-state index in [-0.39, 0.29) is 12.1 Å². The maximum absolute atomic E-state index is 6.07. The zero-order valence-corrected chi connectivity index (χ0v) is 14.7. The van der Waals surface area contributed by atoms with Gasteiger partial charge in [0.2, 0.25) is 5.88 Å². The van der Waals surface area contributed by atoms with E-state index in [1.807, 2.05) is 18.3 Å². The molecule has 3 rings (SSSR count). The minimum atomic E-state index is 0.122. The maximum Gasteiger partial charge on any atom is 0.218 e. The van der Waals surface area contributed by atoms with Crippen LogP contribution in [0.3, 0.4) is 0 Å². The van der Waals surface area contributed by atoms with Gasteiger partial charge in [0.1, 0.15) is 12.1 Å². The lowest BCUT2D eigenvalue weighted by Crippen LogP contribution is -2.39. The van der Waals surface area contributed by atoms with Crippen LogP contribution in [0, 0.1) is 0 Å². The van der Waals surface area contributed by atoms with Crippen LogP contribution in [-0.4, -0.2) is 61.1 Å². The van der Waals surface area contributed by atoms with Crippen molar-refractivity contribution in [1.82, 2.24) is 15.0 Å². The molecule has 2 atom stereocenters. The molecule has 0 amide bonds. The first-order chi connectivity index (χ1) is 12.3. The van der Waals surface area contributed by atoms with Gasteiger partial charge in [-0.2, -0.15) is 0 Å². The van der Waals surface area contributed by atoms with Crippen molar-refractivity contribution >= 4 is 5.82 Å². The van der Waals surface area contributed by atoms with Crippen molar-refractivity contribution in [2.45, 2.75) is 25.0 Å². The molecule has 0 N–H and O–H groups in total. The number of rotatable bonds is 8. The fourth-order valence-corrected chi connectivity index (χ4v) is 3.19. The molecule has 7 heteroatoms. The number of hydrogen-bond donors (Lipinski definition) is 0. The lowest BCUT2D eigenvalue weighted by atomic mass is 10.0. The van der Waals surface area contributed by atoms with E-state index in [1.165, 1.54) is 11.9 Å². The third-order valence-electron chi connectivity index (χ3n) is 4.40. The van der Waals surface area contributed by atoms with Crippen LogP contribution in [0.4, 0.5) is 5.82 Å². The molecule has 1 aliphatic rings. The van der Waals surface area contributed by atoms with E-state index in [9.17, 15) is 0 Å². The van der Waals surface area contributed by atoms with E-state index in [0.717, 1.165) is 25.2 Å². The van der Waals surface area contributed by atoms with Gasteiger partial charge in [0.15, 0.2) is 0 Å². The molecular formula is C18H24N4O3. The fourth-order valence-electron chi connectivity index (χ4n) is 3.19. The maximum atomic E-state index is 6.07. The van der Waals surface area contributed by atoms with E-state index in [2.05, 4.69) is 25.9 Å². The van der Waals surface area contributed by atoms with Crippen LogP contribution in [0.5, 0.6) is 5.88 Å².